The van der Waals surface area contributed by atoms with E-state index in [1.54, 1.807) is 0 Å². The first kappa shape index (κ1) is 15.2. The first-order valence-corrected chi connectivity index (χ1v) is 7.97. The molecule has 1 aromatic carbocycles. The van der Waals surface area contributed by atoms with E-state index < -0.39 is 5.97 Å². The molecule has 5 nitrogen and oxygen atoms in total. The van der Waals surface area contributed by atoms with Crippen molar-refractivity contribution < 1.29 is 19.4 Å². The highest BCUT2D eigenvalue weighted by Gasteiger charge is 2.29. The van der Waals surface area contributed by atoms with Crippen LogP contribution >= 0.6 is 0 Å². The third-order valence-corrected chi connectivity index (χ3v) is 4.39. The Kier molecular flexibility index (Phi) is 4.25. The minimum Gasteiger partial charge on any atom is -0.494 e. The van der Waals surface area contributed by atoms with E-state index in [0.29, 0.717) is 19.7 Å². The van der Waals surface area contributed by atoms with Crippen LogP contribution in [0.4, 0.5) is 0 Å². The van der Waals surface area contributed by atoms with E-state index in [1.165, 1.54) is 5.56 Å². The van der Waals surface area contributed by atoms with Crippen molar-refractivity contribution in [2.45, 2.75) is 39.3 Å². The fourth-order valence-electron chi connectivity index (χ4n) is 3.31. The Morgan fingerprint density at radius 1 is 1.50 bits per heavy atom. The predicted octanol–water partition coefficient (Wildman–Crippen LogP) is 2.32. The zero-order valence-corrected chi connectivity index (χ0v) is 13.2. The summed E-state index contributed by atoms with van der Waals surface area (Å²) in [7, 11) is 0. The van der Waals surface area contributed by atoms with Crippen LogP contribution in [0.25, 0.3) is 0 Å². The summed E-state index contributed by atoms with van der Waals surface area (Å²) in [5, 5.41) is 9.12. The Morgan fingerprint density at radius 2 is 2.32 bits per heavy atom. The molecule has 120 valence electrons. The van der Waals surface area contributed by atoms with Gasteiger partial charge in [-0.25, -0.2) is 0 Å². The molecule has 2 atom stereocenters. The van der Waals surface area contributed by atoms with Crippen molar-refractivity contribution >= 4 is 5.97 Å². The zero-order valence-electron chi connectivity index (χ0n) is 13.2. The molecule has 1 fully saturated rings. The summed E-state index contributed by atoms with van der Waals surface area (Å²) in [4.78, 5) is 13.3. The number of carbonyl (C=O) groups is 1. The molecular weight excluding hydrogens is 282 g/mol. The molecule has 0 saturated carbocycles. The maximum atomic E-state index is 11.1. The number of nitrogens with zero attached hydrogens (tertiary/aromatic N) is 1. The Bertz CT molecular complexity index is 572. The number of aliphatic carboxylic acids is 1. The number of carboxylic acids is 1. The molecule has 0 bridgehead atoms. The molecule has 2 heterocycles. The smallest absolute Gasteiger partial charge is 0.307 e. The monoisotopic (exact) mass is 305 g/mol. The van der Waals surface area contributed by atoms with Gasteiger partial charge in [0.05, 0.1) is 12.5 Å². The Morgan fingerprint density at radius 3 is 3.00 bits per heavy atom. The van der Waals surface area contributed by atoms with E-state index in [2.05, 4.69) is 24.0 Å². The lowest BCUT2D eigenvalue weighted by atomic mass is 10.1. The van der Waals surface area contributed by atoms with E-state index >= 15 is 0 Å². The van der Waals surface area contributed by atoms with Crippen LogP contribution in [0.5, 0.6) is 11.5 Å². The van der Waals surface area contributed by atoms with Gasteiger partial charge in [-0.2, -0.15) is 0 Å². The van der Waals surface area contributed by atoms with Gasteiger partial charge in [0.1, 0.15) is 17.6 Å². The predicted molar refractivity (Wildman–Crippen MR) is 82.4 cm³/mol. The molecule has 22 heavy (non-hydrogen) atoms. The van der Waals surface area contributed by atoms with Gasteiger partial charge in [-0.05, 0) is 38.9 Å². The summed E-state index contributed by atoms with van der Waals surface area (Å²) in [6.45, 7) is 6.81. The quantitative estimate of drug-likeness (QED) is 0.904. The van der Waals surface area contributed by atoms with Gasteiger partial charge in [-0.1, -0.05) is 0 Å². The lowest BCUT2D eigenvalue weighted by Crippen LogP contribution is -2.23. The number of hydrogen-bond donors (Lipinski definition) is 1. The summed E-state index contributed by atoms with van der Waals surface area (Å²) in [6, 6.07) is 4.15. The van der Waals surface area contributed by atoms with E-state index in [1.807, 2.05) is 6.92 Å². The van der Waals surface area contributed by atoms with Crippen molar-refractivity contribution in [3.63, 3.8) is 0 Å². The second kappa shape index (κ2) is 6.16. The zero-order chi connectivity index (χ0) is 15.7. The maximum absolute atomic E-state index is 11.1. The molecule has 0 spiro atoms. The Balaban J connectivity index is 1.78. The molecular formula is C17H23NO4. The summed E-state index contributed by atoms with van der Waals surface area (Å²) in [5.74, 6) is 0.901. The van der Waals surface area contributed by atoms with Gasteiger partial charge >= 0.3 is 5.97 Å². The third kappa shape index (κ3) is 3.04. The average Bonchev–Trinajstić information content (AvgIpc) is 3.05. The fraction of sp³-hybridized carbons (Fsp3) is 0.588. The number of fused-ring (bicyclic) bond motifs is 1. The number of likely N-dealkylation sites (tertiary alicyclic amines) is 1. The minimum absolute atomic E-state index is 0.211. The van der Waals surface area contributed by atoms with Gasteiger partial charge in [-0.15, -0.1) is 0 Å². The second-order valence-electron chi connectivity index (χ2n) is 6.19. The van der Waals surface area contributed by atoms with Crippen molar-refractivity contribution in [2.24, 2.45) is 5.92 Å². The van der Waals surface area contributed by atoms with E-state index in [-0.39, 0.29) is 12.0 Å². The summed E-state index contributed by atoms with van der Waals surface area (Å²) < 4.78 is 11.6. The van der Waals surface area contributed by atoms with Crippen LogP contribution in [0.1, 0.15) is 31.4 Å². The number of carboxylic acid groups (broad SMARTS) is 1. The highest BCUT2D eigenvalue weighted by atomic mass is 16.5. The van der Waals surface area contributed by atoms with E-state index in [0.717, 1.165) is 36.4 Å². The number of benzene rings is 1. The van der Waals surface area contributed by atoms with Crippen LogP contribution in [-0.2, 0) is 17.8 Å². The topological polar surface area (TPSA) is 59.0 Å². The molecule has 0 radical (unpaired) electrons. The maximum Gasteiger partial charge on any atom is 0.307 e. The number of ether oxygens (including phenoxy) is 2. The van der Waals surface area contributed by atoms with Gasteiger partial charge in [0.25, 0.3) is 0 Å². The highest BCUT2D eigenvalue weighted by Crippen LogP contribution is 2.36. The standard InChI is InChI=1S/C17H23NO4/c1-3-21-15-7-13-6-11(2)22-16(13)8-14(15)10-18-5-4-12(9-18)17(19)20/h7-8,11-12H,3-6,9-10H2,1-2H3,(H,19,20)/t11-,12+/m0/s1. The van der Waals surface area contributed by atoms with Crippen LogP contribution in [0.2, 0.25) is 0 Å². The molecule has 0 unspecified atom stereocenters. The van der Waals surface area contributed by atoms with Crippen LogP contribution in [0.15, 0.2) is 12.1 Å². The van der Waals surface area contributed by atoms with Gasteiger partial charge in [0.2, 0.25) is 0 Å². The fourth-order valence-corrected chi connectivity index (χ4v) is 3.31. The summed E-state index contributed by atoms with van der Waals surface area (Å²) in [6.07, 6.45) is 1.85. The van der Waals surface area contributed by atoms with Crippen LogP contribution in [-0.4, -0.2) is 41.8 Å². The Hall–Kier alpha value is -1.75. The molecule has 3 rings (SSSR count). The lowest BCUT2D eigenvalue weighted by Gasteiger charge is -2.19. The van der Waals surface area contributed by atoms with Gasteiger partial charge in [-0.3, -0.25) is 9.69 Å². The van der Waals surface area contributed by atoms with Crippen molar-refractivity contribution in [2.75, 3.05) is 19.7 Å². The molecule has 0 aliphatic carbocycles. The van der Waals surface area contributed by atoms with Gasteiger partial charge < -0.3 is 14.6 Å². The lowest BCUT2D eigenvalue weighted by molar-refractivity contribution is -0.141. The largest absolute Gasteiger partial charge is 0.494 e. The molecule has 1 aromatic rings. The molecule has 0 amide bonds. The van der Waals surface area contributed by atoms with Crippen molar-refractivity contribution in [3.05, 3.63) is 23.3 Å². The number of hydrogen-bond acceptors (Lipinski definition) is 4. The van der Waals surface area contributed by atoms with Crippen LogP contribution < -0.4 is 9.47 Å². The van der Waals surface area contributed by atoms with Crippen LogP contribution in [0, 0.1) is 5.92 Å². The third-order valence-electron chi connectivity index (χ3n) is 4.39. The highest BCUT2D eigenvalue weighted by molar-refractivity contribution is 5.70. The summed E-state index contributed by atoms with van der Waals surface area (Å²) in [5.41, 5.74) is 2.28. The van der Waals surface area contributed by atoms with E-state index in [4.69, 9.17) is 14.6 Å². The molecule has 5 heteroatoms. The number of rotatable bonds is 5. The normalized spacial score (nSPS) is 24.1. The van der Waals surface area contributed by atoms with Gasteiger partial charge in [0, 0.05) is 30.6 Å². The molecule has 2 aliphatic rings. The van der Waals surface area contributed by atoms with Crippen molar-refractivity contribution in [1.82, 2.24) is 4.90 Å². The van der Waals surface area contributed by atoms with Crippen molar-refractivity contribution in [3.8, 4) is 11.5 Å². The minimum atomic E-state index is -0.696. The first-order chi connectivity index (χ1) is 10.6. The van der Waals surface area contributed by atoms with E-state index in [9.17, 15) is 4.79 Å². The van der Waals surface area contributed by atoms with Crippen molar-refractivity contribution in [1.29, 1.82) is 0 Å². The van der Waals surface area contributed by atoms with Crippen LogP contribution in [0.3, 0.4) is 0 Å². The van der Waals surface area contributed by atoms with Gasteiger partial charge in [0.15, 0.2) is 0 Å². The molecule has 1 saturated heterocycles. The SMILES string of the molecule is CCOc1cc2c(cc1CN1CC[C@@H](C(=O)O)C1)O[C@@H](C)C2. The molecule has 2 aliphatic heterocycles. The molecule has 1 N–H and O–H groups in total. The first-order valence-electron chi connectivity index (χ1n) is 7.97. The molecule has 0 aromatic heterocycles. The average molecular weight is 305 g/mol. The second-order valence-corrected chi connectivity index (χ2v) is 6.19. The summed E-state index contributed by atoms with van der Waals surface area (Å²) >= 11 is 0. The Labute approximate surface area is 130 Å².